The molecule has 9 N–H and O–H groups in total. The average molecular weight is 628 g/mol. The second-order valence-corrected chi connectivity index (χ2v) is 10.2. The van der Waals surface area contributed by atoms with Gasteiger partial charge in [-0.3, -0.25) is 4.79 Å². The topological polar surface area (TPSA) is 253 Å². The van der Waals surface area contributed by atoms with Crippen molar-refractivity contribution in [2.45, 2.75) is 79.3 Å². The van der Waals surface area contributed by atoms with Gasteiger partial charge in [-0.05, 0) is 12.1 Å². The molecule has 0 bridgehead atoms. The Balaban J connectivity index is 1.48. The largest absolute Gasteiger partial charge is 0.442 e. The quantitative estimate of drug-likeness (QED) is 0.116. The summed E-state index contributed by atoms with van der Waals surface area (Å²) < 4.78 is 61.2. The van der Waals surface area contributed by atoms with Crippen molar-refractivity contribution in [3.63, 3.8) is 0 Å². The maximum absolute atomic E-state index is 13.3. The highest BCUT2D eigenvalue weighted by Crippen LogP contribution is 2.52. The van der Waals surface area contributed by atoms with Gasteiger partial charge in [0.05, 0.1) is 32.5 Å². The summed E-state index contributed by atoms with van der Waals surface area (Å²) in [6, 6.07) is 3.04. The number of aliphatic hydroxyl groups is 8. The summed E-state index contributed by atoms with van der Waals surface area (Å²) in [6.07, 6.45) is -21.0. The summed E-state index contributed by atoms with van der Waals surface area (Å²) in [6.45, 7) is -2.54. The number of halogens is 3. The van der Waals surface area contributed by atoms with Gasteiger partial charge in [0.25, 0.3) is 5.91 Å². The Morgan fingerprint density at radius 3 is 1.65 bits per heavy atom. The Kier molecular flexibility index (Phi) is 10.4. The second kappa shape index (κ2) is 13.3. The maximum atomic E-state index is 13.3. The Bertz CT molecular complexity index is 1080. The fraction of sp³-hybridized carbons (Fsp3) is 0.708. The second-order valence-electron chi connectivity index (χ2n) is 10.2. The van der Waals surface area contributed by atoms with Crippen molar-refractivity contribution in [3.05, 3.63) is 35.4 Å². The lowest BCUT2D eigenvalue weighted by molar-refractivity contribution is -0.299. The molecule has 0 spiro atoms. The fourth-order valence-electron chi connectivity index (χ4n) is 4.70. The van der Waals surface area contributed by atoms with Gasteiger partial charge in [-0.2, -0.15) is 13.2 Å². The highest BCUT2D eigenvalue weighted by atomic mass is 19.4. The van der Waals surface area contributed by atoms with E-state index in [0.717, 1.165) is 24.3 Å². The number of hydrogen-bond donors (Lipinski definition) is 9. The molecule has 1 aromatic carbocycles. The lowest BCUT2D eigenvalue weighted by Gasteiger charge is -2.41. The average Bonchev–Trinajstić information content (AvgIpc) is 3.80. The van der Waals surface area contributed by atoms with Crippen LogP contribution < -0.4 is 5.32 Å². The molecule has 242 valence electrons. The Hall–Kier alpha value is -2.40. The molecule has 3 aliphatic heterocycles. The molecule has 3 heterocycles. The minimum Gasteiger partial charge on any atom is -0.394 e. The molecule has 3 aliphatic rings. The summed E-state index contributed by atoms with van der Waals surface area (Å²) in [5.41, 5.74) is -3.11. The highest BCUT2D eigenvalue weighted by molar-refractivity contribution is 5.94. The lowest BCUT2D eigenvalue weighted by atomic mass is 9.99. The van der Waals surface area contributed by atoms with Crippen LogP contribution in [0.5, 0.6) is 0 Å². The number of alkyl halides is 3. The zero-order valence-corrected chi connectivity index (χ0v) is 22.1. The van der Waals surface area contributed by atoms with Crippen molar-refractivity contribution < 1.29 is 77.8 Å². The number of nitrogens with one attached hydrogen (secondary N) is 1. The summed E-state index contributed by atoms with van der Waals surface area (Å²) in [4.78, 5) is 13.0. The van der Waals surface area contributed by atoms with E-state index in [1.165, 1.54) is 0 Å². The van der Waals surface area contributed by atoms with E-state index < -0.39 is 112 Å². The molecule has 4 unspecified atom stereocenters. The van der Waals surface area contributed by atoms with Crippen molar-refractivity contribution in [3.8, 4) is 0 Å². The van der Waals surface area contributed by atoms with Gasteiger partial charge in [-0.15, -0.1) is 10.2 Å². The molecule has 19 heteroatoms. The van der Waals surface area contributed by atoms with Gasteiger partial charge in [0.15, 0.2) is 12.6 Å². The molecule has 43 heavy (non-hydrogen) atoms. The first-order chi connectivity index (χ1) is 20.2. The van der Waals surface area contributed by atoms with Gasteiger partial charge in [0.1, 0.15) is 48.8 Å². The van der Waals surface area contributed by atoms with Crippen LogP contribution in [0.2, 0.25) is 0 Å². The van der Waals surface area contributed by atoms with Crippen molar-refractivity contribution >= 4 is 5.91 Å². The standard InChI is InChI=1S/C24H32F3N3O13/c25-24(26,27)23(29-30-23)10-3-1-9(2-4-10)20(37)28-11(7-40-18-12(5-31)42-21(38)16(35)14(18)33)8-41-19-13(6-32)43-22(39)17(36)15(19)34/h1-4,11-19,21-22,31-36,38-39H,5-8H2,(H,28,37)/t11?,12-,13-,14-,15-,16+,17+,18?,19?,21?,22?/m1/s1. The Morgan fingerprint density at radius 1 is 0.837 bits per heavy atom. The number of hydrogen-bond acceptors (Lipinski definition) is 15. The first-order valence-corrected chi connectivity index (χ1v) is 13.0. The van der Waals surface area contributed by atoms with Crippen LogP contribution in [0, 0.1) is 0 Å². The fourth-order valence-corrected chi connectivity index (χ4v) is 4.70. The number of aliphatic hydroxyl groups excluding tert-OH is 8. The number of amides is 1. The summed E-state index contributed by atoms with van der Waals surface area (Å²) in [5, 5.41) is 87.9. The van der Waals surface area contributed by atoms with Gasteiger partial charge in [-0.25, -0.2) is 0 Å². The summed E-state index contributed by atoms with van der Waals surface area (Å²) in [7, 11) is 0. The van der Waals surface area contributed by atoms with Crippen LogP contribution in [0.25, 0.3) is 0 Å². The molecule has 1 amide bonds. The summed E-state index contributed by atoms with van der Waals surface area (Å²) in [5.74, 6) is -0.835. The predicted octanol–water partition coefficient (Wildman–Crippen LogP) is -3.40. The molecule has 4 rings (SSSR count). The number of rotatable bonds is 11. The van der Waals surface area contributed by atoms with Crippen LogP contribution in [0.4, 0.5) is 13.2 Å². The molecule has 0 aliphatic carbocycles. The highest BCUT2D eigenvalue weighted by Gasteiger charge is 2.65. The SMILES string of the molecule is O=C(NC(COC1[C@@H](CO)OC(O)[C@@H](O)[C@H]1O)COC1[C@@H](CO)OC(O)[C@@H](O)[C@H]1O)c1ccc(C2(C(F)(F)F)N=N2)cc1. The molecule has 2 fully saturated rings. The predicted molar refractivity (Wildman–Crippen MR) is 130 cm³/mol. The molecule has 0 radical (unpaired) electrons. The van der Waals surface area contributed by atoms with E-state index >= 15 is 0 Å². The van der Waals surface area contributed by atoms with E-state index in [9.17, 15) is 58.8 Å². The number of benzene rings is 1. The minimum atomic E-state index is -4.77. The van der Waals surface area contributed by atoms with Gasteiger partial charge >= 0.3 is 11.8 Å². The molecule has 0 saturated carbocycles. The lowest BCUT2D eigenvalue weighted by Crippen LogP contribution is -2.61. The molecule has 0 aromatic heterocycles. The molecule has 2 saturated heterocycles. The van der Waals surface area contributed by atoms with Gasteiger partial charge < -0.3 is 65.1 Å². The van der Waals surface area contributed by atoms with Crippen LogP contribution in [0.3, 0.4) is 0 Å². The van der Waals surface area contributed by atoms with Crippen molar-refractivity contribution in [2.75, 3.05) is 26.4 Å². The van der Waals surface area contributed by atoms with Gasteiger partial charge in [-0.1, -0.05) is 12.1 Å². The first-order valence-electron chi connectivity index (χ1n) is 13.0. The van der Waals surface area contributed by atoms with Crippen LogP contribution in [-0.4, -0.2) is 147 Å². The Labute approximate surface area is 240 Å². The van der Waals surface area contributed by atoms with Crippen LogP contribution in [-0.2, 0) is 24.6 Å². The third-order valence-electron chi connectivity index (χ3n) is 7.24. The molecule has 10 atom stereocenters. The van der Waals surface area contributed by atoms with E-state index in [-0.39, 0.29) is 11.1 Å². The number of ether oxygens (including phenoxy) is 4. The molecule has 16 nitrogen and oxygen atoms in total. The van der Waals surface area contributed by atoms with Crippen molar-refractivity contribution in [2.24, 2.45) is 10.2 Å². The van der Waals surface area contributed by atoms with E-state index in [1.807, 2.05) is 0 Å². The van der Waals surface area contributed by atoms with Crippen LogP contribution in [0.1, 0.15) is 15.9 Å². The normalized spacial score (nSPS) is 36.3. The smallest absolute Gasteiger partial charge is 0.394 e. The third-order valence-corrected chi connectivity index (χ3v) is 7.24. The first kappa shape index (κ1) is 33.5. The third kappa shape index (κ3) is 6.97. The van der Waals surface area contributed by atoms with Crippen LogP contribution in [0.15, 0.2) is 34.5 Å². The number of nitrogens with zero attached hydrogens (tertiary/aromatic N) is 2. The van der Waals surface area contributed by atoms with E-state index in [2.05, 4.69) is 15.5 Å². The summed E-state index contributed by atoms with van der Waals surface area (Å²) >= 11 is 0. The molecular formula is C24H32F3N3O13. The minimum absolute atomic E-state index is 0.104. The van der Waals surface area contributed by atoms with Crippen LogP contribution >= 0.6 is 0 Å². The van der Waals surface area contributed by atoms with Gasteiger partial charge in [0, 0.05) is 11.1 Å². The zero-order valence-electron chi connectivity index (χ0n) is 22.1. The zero-order chi connectivity index (χ0) is 31.7. The Morgan fingerprint density at radius 2 is 1.28 bits per heavy atom. The monoisotopic (exact) mass is 627 g/mol. The van der Waals surface area contributed by atoms with Gasteiger partial charge in [0.2, 0.25) is 0 Å². The number of carbonyl (C=O) groups is 1. The van der Waals surface area contributed by atoms with E-state index in [0.29, 0.717) is 0 Å². The molecular weight excluding hydrogens is 595 g/mol. The maximum Gasteiger partial charge on any atom is 0.442 e. The van der Waals surface area contributed by atoms with E-state index in [1.54, 1.807) is 0 Å². The van der Waals surface area contributed by atoms with Crippen molar-refractivity contribution in [1.29, 1.82) is 0 Å². The number of carbonyl (C=O) groups excluding carboxylic acids is 1. The molecule has 1 aromatic rings. The van der Waals surface area contributed by atoms with Crippen molar-refractivity contribution in [1.82, 2.24) is 5.32 Å². The van der Waals surface area contributed by atoms with E-state index in [4.69, 9.17) is 18.9 Å².